The Bertz CT molecular complexity index is 1300. The maximum absolute atomic E-state index is 12.6. The number of rotatable bonds is 5. The summed E-state index contributed by atoms with van der Waals surface area (Å²) in [6.07, 6.45) is 0. The summed E-state index contributed by atoms with van der Waals surface area (Å²) in [6.45, 7) is 1.87. The van der Waals surface area contributed by atoms with Crippen LogP contribution in [0.1, 0.15) is 5.56 Å². The van der Waals surface area contributed by atoms with E-state index in [0.29, 0.717) is 5.69 Å². The topological polar surface area (TPSA) is 68.3 Å². The van der Waals surface area contributed by atoms with Crippen LogP contribution in [0.5, 0.6) is 5.75 Å². The van der Waals surface area contributed by atoms with E-state index in [1.54, 1.807) is 48.8 Å². The number of nitrogens with one attached hydrogen (secondary N) is 1. The number of ether oxygens (including phenoxy) is 1. The van der Waals surface area contributed by atoms with Crippen LogP contribution in [0.25, 0.3) is 20.8 Å². The molecule has 0 spiro atoms. The summed E-state index contributed by atoms with van der Waals surface area (Å²) in [5.41, 5.74) is 3.21. The fourth-order valence-corrected chi connectivity index (χ4v) is 5.27. The van der Waals surface area contributed by atoms with Gasteiger partial charge < -0.3 is 4.74 Å². The zero-order chi connectivity index (χ0) is 20.6. The Balaban J connectivity index is 1.63. The normalized spacial score (nSPS) is 11.6. The highest BCUT2D eigenvalue weighted by Crippen LogP contribution is 2.34. The number of halogens is 1. The first kappa shape index (κ1) is 19.9. The summed E-state index contributed by atoms with van der Waals surface area (Å²) in [7, 11) is -2.02. The van der Waals surface area contributed by atoms with Crippen molar-refractivity contribution in [1.29, 1.82) is 0 Å². The van der Waals surface area contributed by atoms with Crippen LogP contribution >= 0.6 is 27.3 Å². The number of thiazole rings is 1. The predicted octanol–water partition coefficient (Wildman–Crippen LogP) is 5.84. The molecule has 4 aromatic rings. The molecule has 1 aromatic heterocycles. The van der Waals surface area contributed by atoms with Crippen LogP contribution in [0.2, 0.25) is 0 Å². The Morgan fingerprint density at radius 1 is 1.03 bits per heavy atom. The largest absolute Gasteiger partial charge is 0.497 e. The molecule has 0 atom stereocenters. The van der Waals surface area contributed by atoms with Crippen molar-refractivity contribution in [1.82, 2.24) is 4.98 Å². The molecule has 1 heterocycles. The molecule has 0 aliphatic heterocycles. The van der Waals surface area contributed by atoms with Gasteiger partial charge in [0.25, 0.3) is 10.0 Å². The molecular formula is C21H17BrN2O3S2. The lowest BCUT2D eigenvalue weighted by atomic mass is 10.1. The summed E-state index contributed by atoms with van der Waals surface area (Å²) in [5.74, 6) is 0.793. The maximum Gasteiger partial charge on any atom is 0.261 e. The van der Waals surface area contributed by atoms with Crippen LogP contribution < -0.4 is 9.46 Å². The minimum absolute atomic E-state index is 0.212. The standard InChI is InChI=1S/C21H17BrN2O3S2/c1-13-11-14(21-23-19-10-6-16(27-2)12-20(19)28-21)3-9-18(13)24-29(25,26)17-7-4-15(22)5-8-17/h3-12,24H,1-2H3. The highest BCUT2D eigenvalue weighted by molar-refractivity contribution is 9.10. The molecule has 0 amide bonds. The van der Waals surface area contributed by atoms with Crippen LogP contribution in [0.4, 0.5) is 5.69 Å². The highest BCUT2D eigenvalue weighted by atomic mass is 79.9. The second-order valence-electron chi connectivity index (χ2n) is 6.44. The van der Waals surface area contributed by atoms with Gasteiger partial charge in [0.2, 0.25) is 0 Å². The van der Waals surface area contributed by atoms with Crippen LogP contribution in [0.3, 0.4) is 0 Å². The van der Waals surface area contributed by atoms with Crippen LogP contribution in [-0.2, 0) is 10.0 Å². The lowest BCUT2D eigenvalue weighted by Crippen LogP contribution is -2.13. The highest BCUT2D eigenvalue weighted by Gasteiger charge is 2.16. The number of hydrogen-bond acceptors (Lipinski definition) is 5. The van der Waals surface area contributed by atoms with Crippen molar-refractivity contribution < 1.29 is 13.2 Å². The maximum atomic E-state index is 12.6. The van der Waals surface area contributed by atoms with E-state index in [2.05, 4.69) is 25.6 Å². The van der Waals surface area contributed by atoms with E-state index < -0.39 is 10.0 Å². The molecule has 0 saturated heterocycles. The van der Waals surface area contributed by atoms with Crippen LogP contribution in [-0.4, -0.2) is 20.5 Å². The second-order valence-corrected chi connectivity index (χ2v) is 10.1. The minimum Gasteiger partial charge on any atom is -0.497 e. The third-order valence-corrected chi connectivity index (χ3v) is 7.41. The van der Waals surface area contributed by atoms with Gasteiger partial charge in [-0.3, -0.25) is 4.72 Å². The molecular weight excluding hydrogens is 472 g/mol. The zero-order valence-corrected chi connectivity index (χ0v) is 18.9. The molecule has 0 aliphatic rings. The third-order valence-electron chi connectivity index (χ3n) is 4.44. The summed E-state index contributed by atoms with van der Waals surface area (Å²) in [5, 5.41) is 0.874. The lowest BCUT2D eigenvalue weighted by Gasteiger charge is -2.11. The van der Waals surface area contributed by atoms with Gasteiger partial charge in [0.15, 0.2) is 0 Å². The Hall–Kier alpha value is -2.42. The van der Waals surface area contributed by atoms with E-state index in [1.807, 2.05) is 37.3 Å². The molecule has 29 heavy (non-hydrogen) atoms. The number of aryl methyl sites for hydroxylation is 1. The van der Waals surface area contributed by atoms with Crippen molar-refractivity contribution in [3.8, 4) is 16.3 Å². The van der Waals surface area contributed by atoms with Crippen molar-refractivity contribution in [2.75, 3.05) is 11.8 Å². The van der Waals surface area contributed by atoms with Crippen LogP contribution in [0, 0.1) is 6.92 Å². The van der Waals surface area contributed by atoms with E-state index >= 15 is 0 Å². The van der Waals surface area contributed by atoms with Gasteiger partial charge in [0.05, 0.1) is 27.9 Å². The van der Waals surface area contributed by atoms with Gasteiger partial charge in [-0.25, -0.2) is 13.4 Å². The number of nitrogens with zero attached hydrogens (tertiary/aromatic N) is 1. The predicted molar refractivity (Wildman–Crippen MR) is 121 cm³/mol. The fourth-order valence-electron chi connectivity index (χ4n) is 2.88. The minimum atomic E-state index is -3.66. The Kier molecular flexibility index (Phi) is 5.33. The molecule has 0 fully saturated rings. The smallest absolute Gasteiger partial charge is 0.261 e. The Morgan fingerprint density at radius 3 is 2.48 bits per heavy atom. The fraction of sp³-hybridized carbons (Fsp3) is 0.0952. The van der Waals surface area contributed by atoms with Crippen molar-refractivity contribution in [3.63, 3.8) is 0 Å². The van der Waals surface area contributed by atoms with Gasteiger partial charge in [-0.2, -0.15) is 0 Å². The van der Waals surface area contributed by atoms with Gasteiger partial charge in [0, 0.05) is 10.0 Å². The average molecular weight is 489 g/mol. The van der Waals surface area contributed by atoms with Gasteiger partial charge in [0.1, 0.15) is 10.8 Å². The van der Waals surface area contributed by atoms with Crippen molar-refractivity contribution in [2.24, 2.45) is 0 Å². The van der Waals surface area contributed by atoms with E-state index in [0.717, 1.165) is 36.6 Å². The van der Waals surface area contributed by atoms with E-state index in [9.17, 15) is 8.42 Å². The SMILES string of the molecule is COc1ccc2nc(-c3ccc(NS(=O)(=O)c4ccc(Br)cc4)c(C)c3)sc2c1. The summed E-state index contributed by atoms with van der Waals surface area (Å²) in [6, 6.07) is 17.9. The molecule has 0 saturated carbocycles. The molecule has 3 aromatic carbocycles. The van der Waals surface area contributed by atoms with E-state index in [4.69, 9.17) is 4.74 Å². The first-order chi connectivity index (χ1) is 13.9. The molecule has 1 N–H and O–H groups in total. The monoisotopic (exact) mass is 488 g/mol. The van der Waals surface area contributed by atoms with E-state index in [-0.39, 0.29) is 4.90 Å². The van der Waals surface area contributed by atoms with Crippen molar-refractivity contribution in [3.05, 3.63) is 70.7 Å². The summed E-state index contributed by atoms with van der Waals surface area (Å²) < 4.78 is 35.1. The van der Waals surface area contributed by atoms with Gasteiger partial charge in [-0.1, -0.05) is 15.9 Å². The summed E-state index contributed by atoms with van der Waals surface area (Å²) >= 11 is 4.89. The lowest BCUT2D eigenvalue weighted by molar-refractivity contribution is 0.415. The molecule has 5 nitrogen and oxygen atoms in total. The molecule has 0 unspecified atom stereocenters. The molecule has 0 radical (unpaired) electrons. The van der Waals surface area contributed by atoms with Crippen molar-refractivity contribution >= 4 is 53.2 Å². The van der Waals surface area contributed by atoms with E-state index in [1.165, 1.54) is 0 Å². The zero-order valence-electron chi connectivity index (χ0n) is 15.6. The number of sulfonamides is 1. The molecule has 8 heteroatoms. The molecule has 148 valence electrons. The average Bonchev–Trinajstić information content (AvgIpc) is 3.13. The van der Waals surface area contributed by atoms with Crippen molar-refractivity contribution in [2.45, 2.75) is 11.8 Å². The Morgan fingerprint density at radius 2 is 1.79 bits per heavy atom. The van der Waals surface area contributed by atoms with Crippen LogP contribution in [0.15, 0.2) is 70.0 Å². The number of aromatic nitrogens is 1. The Labute approximate surface area is 181 Å². The second kappa shape index (κ2) is 7.78. The van der Waals surface area contributed by atoms with Gasteiger partial charge in [-0.05, 0) is 73.2 Å². The molecule has 4 rings (SSSR count). The third kappa shape index (κ3) is 4.14. The number of methoxy groups -OCH3 is 1. The molecule has 0 aliphatic carbocycles. The number of fused-ring (bicyclic) bond motifs is 1. The molecule has 0 bridgehead atoms. The number of anilines is 1. The van der Waals surface area contributed by atoms with Gasteiger partial charge in [-0.15, -0.1) is 11.3 Å². The quantitative estimate of drug-likeness (QED) is 0.382. The first-order valence-corrected chi connectivity index (χ1v) is 11.8. The first-order valence-electron chi connectivity index (χ1n) is 8.70. The van der Waals surface area contributed by atoms with Gasteiger partial charge >= 0.3 is 0 Å². The summed E-state index contributed by atoms with van der Waals surface area (Å²) in [4.78, 5) is 4.89. The number of benzene rings is 3. The number of hydrogen-bond donors (Lipinski definition) is 1.